The molecule has 0 radical (unpaired) electrons. The second-order valence-electron chi connectivity index (χ2n) is 11.1. The molecule has 6 nitrogen and oxygen atoms in total. The van der Waals surface area contributed by atoms with Crippen molar-refractivity contribution in [2.45, 2.75) is 24.9 Å². The van der Waals surface area contributed by atoms with E-state index in [1.54, 1.807) is 62.8 Å². The lowest BCUT2D eigenvalue weighted by Crippen LogP contribution is -2.48. The number of rotatable bonds is 5. The Kier molecular flexibility index (Phi) is 5.91. The molecule has 3 atom stereocenters. The fraction of sp³-hybridized carbons (Fsp3) is 0.194. The largest absolute Gasteiger partial charge is 0.497 e. The molecule has 0 bridgehead atoms. The van der Waals surface area contributed by atoms with Gasteiger partial charge in [-0.15, -0.1) is 0 Å². The lowest BCUT2D eigenvalue weighted by molar-refractivity contribution is 0.0665. The van der Waals surface area contributed by atoms with Crippen molar-refractivity contribution in [3.05, 3.63) is 130 Å². The molecule has 6 heteroatoms. The Bertz CT molecular complexity index is 1770. The predicted molar refractivity (Wildman–Crippen MR) is 161 cm³/mol. The molecule has 1 saturated heterocycles. The minimum Gasteiger partial charge on any atom is -0.497 e. The van der Waals surface area contributed by atoms with Crippen LogP contribution < -0.4 is 14.4 Å². The Morgan fingerprint density at radius 2 is 1.50 bits per heavy atom. The summed E-state index contributed by atoms with van der Waals surface area (Å²) in [6.07, 6.45) is 3.91. The molecule has 208 valence electrons. The summed E-state index contributed by atoms with van der Waals surface area (Å²) in [6, 6.07) is 25.9. The lowest BCUT2D eigenvalue weighted by atomic mass is 9.64. The normalized spacial score (nSPS) is 21.2. The SMILES string of the molecule is COc1ccc([C@@H]2[C@H](C(=O)c3ccccc3)N3c4ccc(C)cc4C=C[C@@H]3C23C(=O)c2ccccc2C3=O)c(OC)c1. The van der Waals surface area contributed by atoms with E-state index in [4.69, 9.17) is 9.47 Å². The maximum atomic E-state index is 14.8. The van der Waals surface area contributed by atoms with Gasteiger partial charge in [-0.3, -0.25) is 14.4 Å². The van der Waals surface area contributed by atoms with Crippen LogP contribution in [0.2, 0.25) is 0 Å². The van der Waals surface area contributed by atoms with Gasteiger partial charge in [-0.2, -0.15) is 0 Å². The van der Waals surface area contributed by atoms with E-state index in [0.29, 0.717) is 33.8 Å². The molecular weight excluding hydrogens is 526 g/mol. The number of benzene rings is 4. The summed E-state index contributed by atoms with van der Waals surface area (Å²) in [5.74, 6) is -0.554. The molecule has 4 aromatic rings. The summed E-state index contributed by atoms with van der Waals surface area (Å²) >= 11 is 0. The zero-order chi connectivity index (χ0) is 29.2. The average molecular weight is 556 g/mol. The van der Waals surface area contributed by atoms with Crippen LogP contribution in [-0.4, -0.2) is 43.7 Å². The van der Waals surface area contributed by atoms with Gasteiger partial charge in [0.2, 0.25) is 0 Å². The number of methoxy groups -OCH3 is 2. The summed E-state index contributed by atoms with van der Waals surface area (Å²) in [5, 5.41) is 0. The smallest absolute Gasteiger partial charge is 0.185 e. The number of nitrogens with zero attached hydrogens (tertiary/aromatic N) is 1. The van der Waals surface area contributed by atoms with Gasteiger partial charge in [0.15, 0.2) is 17.3 Å². The second-order valence-corrected chi connectivity index (χ2v) is 11.1. The third-order valence-electron chi connectivity index (χ3n) is 9.06. The topological polar surface area (TPSA) is 72.9 Å². The van der Waals surface area contributed by atoms with Crippen molar-refractivity contribution in [3.8, 4) is 11.5 Å². The van der Waals surface area contributed by atoms with Crippen LogP contribution in [0.15, 0.2) is 97.1 Å². The number of carbonyl (C=O) groups is 3. The molecule has 0 amide bonds. The first-order valence-electron chi connectivity index (χ1n) is 14.0. The molecule has 0 unspecified atom stereocenters. The molecule has 3 aliphatic rings. The first-order valence-corrected chi connectivity index (χ1v) is 14.0. The van der Waals surface area contributed by atoms with Gasteiger partial charge in [0.25, 0.3) is 0 Å². The number of Topliss-reactive ketones (excluding diaryl/α,β-unsaturated/α-hetero) is 3. The van der Waals surface area contributed by atoms with Crippen LogP contribution in [0, 0.1) is 12.3 Å². The van der Waals surface area contributed by atoms with Crippen molar-refractivity contribution in [2.75, 3.05) is 19.1 Å². The number of carbonyl (C=O) groups excluding carboxylic acids is 3. The quantitative estimate of drug-likeness (QED) is 0.212. The molecule has 0 N–H and O–H groups in total. The average Bonchev–Trinajstić information content (AvgIpc) is 3.46. The summed E-state index contributed by atoms with van der Waals surface area (Å²) in [5.41, 5.74) is 3.11. The van der Waals surface area contributed by atoms with Crippen LogP contribution in [0.5, 0.6) is 11.5 Å². The van der Waals surface area contributed by atoms with Gasteiger partial charge in [-0.05, 0) is 30.7 Å². The number of ketones is 3. The van der Waals surface area contributed by atoms with E-state index in [1.807, 2.05) is 60.4 Å². The number of fused-ring (bicyclic) bond motifs is 5. The maximum absolute atomic E-state index is 14.8. The monoisotopic (exact) mass is 555 g/mol. The minimum absolute atomic E-state index is 0.168. The lowest BCUT2D eigenvalue weighted by Gasteiger charge is -2.37. The van der Waals surface area contributed by atoms with Crippen molar-refractivity contribution in [2.24, 2.45) is 5.41 Å². The number of hydrogen-bond donors (Lipinski definition) is 0. The molecule has 42 heavy (non-hydrogen) atoms. The Morgan fingerprint density at radius 3 is 2.17 bits per heavy atom. The van der Waals surface area contributed by atoms with Crippen LogP contribution in [0.25, 0.3) is 6.08 Å². The number of hydrogen-bond acceptors (Lipinski definition) is 6. The number of anilines is 1. The van der Waals surface area contributed by atoms with Crippen LogP contribution >= 0.6 is 0 Å². The molecule has 2 aliphatic heterocycles. The first-order chi connectivity index (χ1) is 20.4. The van der Waals surface area contributed by atoms with Crippen LogP contribution in [0.1, 0.15) is 53.7 Å². The molecule has 0 saturated carbocycles. The Hall–Kier alpha value is -4.97. The summed E-state index contributed by atoms with van der Waals surface area (Å²) in [7, 11) is 3.12. The van der Waals surface area contributed by atoms with E-state index in [1.165, 1.54) is 0 Å². The number of aryl methyl sites for hydroxylation is 1. The van der Waals surface area contributed by atoms with Crippen LogP contribution in [-0.2, 0) is 0 Å². The summed E-state index contributed by atoms with van der Waals surface area (Å²) in [4.78, 5) is 46.4. The van der Waals surface area contributed by atoms with Gasteiger partial charge < -0.3 is 14.4 Å². The van der Waals surface area contributed by atoms with Crippen LogP contribution in [0.3, 0.4) is 0 Å². The van der Waals surface area contributed by atoms with Crippen molar-refractivity contribution in [1.82, 2.24) is 0 Å². The van der Waals surface area contributed by atoms with E-state index < -0.39 is 23.4 Å². The van der Waals surface area contributed by atoms with E-state index >= 15 is 0 Å². The highest BCUT2D eigenvalue weighted by Gasteiger charge is 2.72. The molecular formula is C36H29NO5. The van der Waals surface area contributed by atoms with Crippen molar-refractivity contribution < 1.29 is 23.9 Å². The standard InChI is InChI=1S/C36H29NO5/c1-21-13-17-28-23(19-21)14-18-30-36(34(39)25-11-7-8-12-26(25)35(36)40)31(27-16-15-24(41-2)20-29(27)42-3)32(37(28)30)33(38)22-9-5-4-6-10-22/h4-20,30-32H,1-3H3/t30-,31-,32-/m1/s1. The predicted octanol–water partition coefficient (Wildman–Crippen LogP) is 6.33. The Balaban J connectivity index is 1.57. The highest BCUT2D eigenvalue weighted by atomic mass is 16.5. The fourth-order valence-corrected chi connectivity index (χ4v) is 7.29. The Morgan fingerprint density at radius 1 is 0.810 bits per heavy atom. The molecule has 1 spiro atoms. The van der Waals surface area contributed by atoms with Crippen molar-refractivity contribution in [3.63, 3.8) is 0 Å². The van der Waals surface area contributed by atoms with Gasteiger partial charge >= 0.3 is 0 Å². The minimum atomic E-state index is -1.60. The van der Waals surface area contributed by atoms with Gasteiger partial charge in [-0.1, -0.05) is 84.4 Å². The van der Waals surface area contributed by atoms with Gasteiger partial charge in [-0.25, -0.2) is 0 Å². The number of ether oxygens (including phenoxy) is 2. The molecule has 7 rings (SSSR count). The van der Waals surface area contributed by atoms with Crippen molar-refractivity contribution in [1.29, 1.82) is 0 Å². The maximum Gasteiger partial charge on any atom is 0.185 e. The van der Waals surface area contributed by atoms with Crippen LogP contribution in [0.4, 0.5) is 5.69 Å². The highest BCUT2D eigenvalue weighted by molar-refractivity contribution is 6.32. The summed E-state index contributed by atoms with van der Waals surface area (Å²) < 4.78 is 11.4. The molecule has 2 heterocycles. The van der Waals surface area contributed by atoms with E-state index in [0.717, 1.165) is 16.8 Å². The highest BCUT2D eigenvalue weighted by Crippen LogP contribution is 2.62. The van der Waals surface area contributed by atoms with Gasteiger partial charge in [0, 0.05) is 39.9 Å². The third kappa shape index (κ3) is 3.41. The molecule has 0 aromatic heterocycles. The zero-order valence-corrected chi connectivity index (χ0v) is 23.5. The van der Waals surface area contributed by atoms with Gasteiger partial charge in [0.1, 0.15) is 23.0 Å². The van der Waals surface area contributed by atoms with E-state index in [9.17, 15) is 14.4 Å². The van der Waals surface area contributed by atoms with E-state index in [2.05, 4.69) is 6.07 Å². The van der Waals surface area contributed by atoms with Crippen molar-refractivity contribution >= 4 is 29.1 Å². The second kappa shape index (κ2) is 9.55. The third-order valence-corrected chi connectivity index (χ3v) is 9.06. The molecule has 1 aliphatic carbocycles. The molecule has 4 aromatic carbocycles. The first kappa shape index (κ1) is 26.0. The summed E-state index contributed by atoms with van der Waals surface area (Å²) in [6.45, 7) is 2.02. The fourth-order valence-electron chi connectivity index (χ4n) is 7.29. The molecule has 1 fully saturated rings. The zero-order valence-electron chi connectivity index (χ0n) is 23.5. The van der Waals surface area contributed by atoms with Gasteiger partial charge in [0.05, 0.1) is 20.3 Å². The Labute approximate surface area is 244 Å². The van der Waals surface area contributed by atoms with E-state index in [-0.39, 0.29) is 17.3 Å².